The van der Waals surface area contributed by atoms with Gasteiger partial charge in [0.25, 0.3) is 0 Å². The number of carbonyl (C=O) groups is 1. The molecule has 1 aliphatic rings. The summed E-state index contributed by atoms with van der Waals surface area (Å²) in [6.07, 6.45) is 0.556. The van der Waals surface area contributed by atoms with Crippen LogP contribution in [-0.4, -0.2) is 43.3 Å². The van der Waals surface area contributed by atoms with Gasteiger partial charge in [-0.25, -0.2) is 4.79 Å². The van der Waals surface area contributed by atoms with Crippen molar-refractivity contribution in [1.29, 1.82) is 0 Å². The van der Waals surface area contributed by atoms with Crippen LogP contribution in [0.5, 0.6) is 0 Å². The van der Waals surface area contributed by atoms with Crippen molar-refractivity contribution in [3.63, 3.8) is 0 Å². The third-order valence-corrected chi connectivity index (χ3v) is 4.34. The number of amides is 1. The average molecular weight is 358 g/mol. The first-order valence-electron chi connectivity index (χ1n) is 9.10. The number of carbonyl (C=O) groups excluding carboxylic acids is 1. The Morgan fingerprint density at radius 3 is 2.81 bits per heavy atom. The predicted octanol–water partition coefficient (Wildman–Crippen LogP) is 2.97. The maximum Gasteiger partial charge on any atom is 0.410 e. The molecule has 6 heteroatoms. The van der Waals surface area contributed by atoms with Crippen LogP contribution in [0.15, 0.2) is 46.9 Å². The number of morpholine rings is 1. The van der Waals surface area contributed by atoms with Gasteiger partial charge in [0.15, 0.2) is 0 Å². The lowest BCUT2D eigenvalue weighted by atomic mass is 10.2. The molecular weight excluding hydrogens is 332 g/mol. The zero-order valence-corrected chi connectivity index (χ0v) is 15.1. The molecule has 1 N–H and O–H groups in total. The molecule has 1 aliphatic heterocycles. The van der Waals surface area contributed by atoms with Gasteiger partial charge >= 0.3 is 6.09 Å². The second kappa shape index (κ2) is 9.40. The fourth-order valence-corrected chi connectivity index (χ4v) is 2.88. The average Bonchev–Trinajstić information content (AvgIpc) is 3.15. The smallest absolute Gasteiger partial charge is 0.410 e. The molecule has 1 aromatic heterocycles. The van der Waals surface area contributed by atoms with E-state index in [1.807, 2.05) is 42.5 Å². The third kappa shape index (κ3) is 5.34. The van der Waals surface area contributed by atoms with Gasteiger partial charge in [-0.1, -0.05) is 37.3 Å². The summed E-state index contributed by atoms with van der Waals surface area (Å²) in [4.78, 5) is 14.0. The van der Waals surface area contributed by atoms with Crippen LogP contribution in [0, 0.1) is 0 Å². The first-order valence-corrected chi connectivity index (χ1v) is 9.10. The molecule has 1 unspecified atom stereocenters. The second-order valence-electron chi connectivity index (χ2n) is 6.33. The molecule has 1 fully saturated rings. The van der Waals surface area contributed by atoms with Crippen LogP contribution >= 0.6 is 0 Å². The van der Waals surface area contributed by atoms with Gasteiger partial charge in [0.05, 0.1) is 25.8 Å². The molecule has 3 rings (SSSR count). The van der Waals surface area contributed by atoms with Gasteiger partial charge in [-0.15, -0.1) is 0 Å². The number of hydrogen-bond acceptors (Lipinski definition) is 5. The van der Waals surface area contributed by atoms with Crippen molar-refractivity contribution in [2.45, 2.75) is 32.6 Å². The van der Waals surface area contributed by atoms with E-state index in [9.17, 15) is 4.79 Å². The van der Waals surface area contributed by atoms with Gasteiger partial charge in [0.2, 0.25) is 0 Å². The minimum atomic E-state index is -0.291. The summed E-state index contributed by atoms with van der Waals surface area (Å²) in [5, 5.41) is 3.33. The maximum atomic E-state index is 12.3. The quantitative estimate of drug-likeness (QED) is 0.824. The first-order chi connectivity index (χ1) is 12.7. The highest BCUT2D eigenvalue weighted by Crippen LogP contribution is 2.10. The number of nitrogens with one attached hydrogen (secondary N) is 1. The Kier molecular flexibility index (Phi) is 6.68. The number of furan rings is 1. The highest BCUT2D eigenvalue weighted by atomic mass is 16.6. The molecule has 1 saturated heterocycles. The van der Waals surface area contributed by atoms with Crippen LogP contribution in [0.25, 0.3) is 0 Å². The van der Waals surface area contributed by atoms with Crippen molar-refractivity contribution >= 4 is 6.09 Å². The zero-order chi connectivity index (χ0) is 18.2. The SMILES string of the molecule is CCc1ccc(CNCC2CN(C(=O)OCc3ccccc3)CCO2)o1. The molecule has 0 aliphatic carbocycles. The summed E-state index contributed by atoms with van der Waals surface area (Å²) in [5.74, 6) is 1.90. The van der Waals surface area contributed by atoms with Crippen LogP contribution < -0.4 is 5.32 Å². The van der Waals surface area contributed by atoms with Gasteiger partial charge in [-0.3, -0.25) is 0 Å². The molecule has 1 aromatic carbocycles. The van der Waals surface area contributed by atoms with Crippen molar-refractivity contribution in [3.8, 4) is 0 Å². The largest absolute Gasteiger partial charge is 0.465 e. The van der Waals surface area contributed by atoms with Gasteiger partial charge in [-0.05, 0) is 17.7 Å². The Bertz CT molecular complexity index is 686. The Morgan fingerprint density at radius 2 is 2.04 bits per heavy atom. The van der Waals surface area contributed by atoms with E-state index in [4.69, 9.17) is 13.9 Å². The molecule has 0 spiro atoms. The number of hydrogen-bond donors (Lipinski definition) is 1. The van der Waals surface area contributed by atoms with Crippen LogP contribution in [0.3, 0.4) is 0 Å². The van der Waals surface area contributed by atoms with Crippen LogP contribution in [0.1, 0.15) is 24.0 Å². The van der Waals surface area contributed by atoms with E-state index in [0.29, 0.717) is 32.8 Å². The summed E-state index contributed by atoms with van der Waals surface area (Å²) < 4.78 is 16.8. The molecule has 6 nitrogen and oxygen atoms in total. The molecule has 1 atom stereocenters. The number of ether oxygens (including phenoxy) is 2. The van der Waals surface area contributed by atoms with E-state index in [-0.39, 0.29) is 18.8 Å². The van der Waals surface area contributed by atoms with E-state index in [1.165, 1.54) is 0 Å². The lowest BCUT2D eigenvalue weighted by Gasteiger charge is -2.32. The Labute approximate surface area is 154 Å². The molecule has 2 heterocycles. The van der Waals surface area contributed by atoms with Crippen molar-refractivity contribution in [1.82, 2.24) is 10.2 Å². The minimum absolute atomic E-state index is 0.0476. The lowest BCUT2D eigenvalue weighted by molar-refractivity contribution is -0.0272. The number of aryl methyl sites for hydroxylation is 1. The summed E-state index contributed by atoms with van der Waals surface area (Å²) in [7, 11) is 0. The molecule has 140 valence electrons. The monoisotopic (exact) mass is 358 g/mol. The third-order valence-electron chi connectivity index (χ3n) is 4.34. The Morgan fingerprint density at radius 1 is 1.23 bits per heavy atom. The van der Waals surface area contributed by atoms with Crippen LogP contribution in [-0.2, 0) is 29.0 Å². The molecule has 0 radical (unpaired) electrons. The van der Waals surface area contributed by atoms with Gasteiger partial charge < -0.3 is 24.1 Å². The number of benzene rings is 1. The molecule has 2 aromatic rings. The van der Waals surface area contributed by atoms with Crippen molar-refractivity contribution < 1.29 is 18.7 Å². The van der Waals surface area contributed by atoms with Gasteiger partial charge in [-0.2, -0.15) is 0 Å². The Hall–Kier alpha value is -2.31. The van der Waals surface area contributed by atoms with E-state index in [1.54, 1.807) is 4.90 Å². The highest BCUT2D eigenvalue weighted by Gasteiger charge is 2.25. The van der Waals surface area contributed by atoms with Crippen molar-refractivity contribution in [2.24, 2.45) is 0 Å². The van der Waals surface area contributed by atoms with Crippen molar-refractivity contribution in [3.05, 3.63) is 59.5 Å². The molecule has 0 saturated carbocycles. The fraction of sp³-hybridized carbons (Fsp3) is 0.450. The Balaban J connectivity index is 1.39. The summed E-state index contributed by atoms with van der Waals surface area (Å²) in [5.41, 5.74) is 0.984. The van der Waals surface area contributed by atoms with Crippen molar-refractivity contribution in [2.75, 3.05) is 26.2 Å². The molecule has 1 amide bonds. The standard InChI is InChI=1S/C20H26N2O4/c1-2-17-8-9-18(26-17)12-21-13-19-14-22(10-11-24-19)20(23)25-15-16-6-4-3-5-7-16/h3-9,19,21H,2,10-15H2,1H3. The van der Waals surface area contributed by atoms with Crippen LogP contribution in [0.2, 0.25) is 0 Å². The van der Waals surface area contributed by atoms with E-state index in [0.717, 1.165) is 23.5 Å². The number of nitrogens with zero attached hydrogens (tertiary/aromatic N) is 1. The summed E-state index contributed by atoms with van der Waals surface area (Å²) in [6.45, 7) is 5.27. The zero-order valence-electron chi connectivity index (χ0n) is 15.1. The minimum Gasteiger partial charge on any atom is -0.465 e. The molecular formula is C20H26N2O4. The normalized spacial score (nSPS) is 17.3. The lowest BCUT2D eigenvalue weighted by Crippen LogP contribution is -2.49. The second-order valence-corrected chi connectivity index (χ2v) is 6.33. The first kappa shape index (κ1) is 18.5. The van der Waals surface area contributed by atoms with E-state index in [2.05, 4.69) is 12.2 Å². The van der Waals surface area contributed by atoms with E-state index >= 15 is 0 Å². The molecule has 0 bridgehead atoms. The van der Waals surface area contributed by atoms with Gasteiger partial charge in [0, 0.05) is 19.5 Å². The highest BCUT2D eigenvalue weighted by molar-refractivity contribution is 5.67. The van der Waals surface area contributed by atoms with Gasteiger partial charge in [0.1, 0.15) is 18.1 Å². The predicted molar refractivity (Wildman–Crippen MR) is 97.7 cm³/mol. The topological polar surface area (TPSA) is 63.9 Å². The van der Waals surface area contributed by atoms with Crippen LogP contribution in [0.4, 0.5) is 4.79 Å². The molecule has 26 heavy (non-hydrogen) atoms. The number of rotatable bonds is 7. The fourth-order valence-electron chi connectivity index (χ4n) is 2.88. The summed E-state index contributed by atoms with van der Waals surface area (Å²) in [6, 6.07) is 13.7. The van der Waals surface area contributed by atoms with E-state index < -0.39 is 0 Å². The summed E-state index contributed by atoms with van der Waals surface area (Å²) >= 11 is 0. The maximum absolute atomic E-state index is 12.3.